The van der Waals surface area contributed by atoms with Crippen molar-refractivity contribution in [3.63, 3.8) is 0 Å². The fraction of sp³-hybridized carbons (Fsp3) is 0.300. The Morgan fingerprint density at radius 2 is 1.59 bits per heavy atom. The first-order chi connectivity index (χ1) is 14.6. The van der Waals surface area contributed by atoms with Crippen molar-refractivity contribution >= 4 is 44.6 Å². The topological polar surface area (TPSA) is 107 Å². The van der Waals surface area contributed by atoms with E-state index in [0.29, 0.717) is 14.7 Å². The van der Waals surface area contributed by atoms with Gasteiger partial charge in [-0.25, -0.2) is 9.59 Å². The van der Waals surface area contributed by atoms with Crippen LogP contribution in [0.4, 0.5) is 13.2 Å². The van der Waals surface area contributed by atoms with Crippen LogP contribution in [-0.4, -0.2) is 42.9 Å². The summed E-state index contributed by atoms with van der Waals surface area (Å²) in [6, 6.07) is 7.26. The molecule has 0 radical (unpaired) electrons. The van der Waals surface area contributed by atoms with Crippen molar-refractivity contribution in [2.24, 2.45) is 0 Å². The molecule has 12 heteroatoms. The average molecular weight is 586 g/mol. The standard InChI is InChI=1S/C20H18F3IO7S/c1-10-6-11(2)17(12(3)7-10)31-18(25)14-5-4-13(24)8-15(14)19(26)30-16(20(21,22)23)9-32(27,28)29/h4-8,16H,9H2,1-3H3,(H,27,28,29). The molecule has 7 nitrogen and oxygen atoms in total. The SMILES string of the molecule is Cc1cc(C)c(OC(=O)c2ccc(I)cc2C(=O)OC(CS(=O)(=O)O)C(F)(F)F)c(C)c1. The maximum atomic E-state index is 13.1. The molecule has 0 bridgehead atoms. The van der Waals surface area contributed by atoms with Crippen molar-refractivity contribution in [1.29, 1.82) is 0 Å². The van der Waals surface area contributed by atoms with Gasteiger partial charge in [-0.3, -0.25) is 4.55 Å². The van der Waals surface area contributed by atoms with Gasteiger partial charge >= 0.3 is 18.1 Å². The lowest BCUT2D eigenvalue weighted by Crippen LogP contribution is -2.39. The van der Waals surface area contributed by atoms with E-state index in [1.54, 1.807) is 48.6 Å². The number of carbonyl (C=O) groups excluding carboxylic acids is 2. The van der Waals surface area contributed by atoms with Crippen LogP contribution >= 0.6 is 22.6 Å². The van der Waals surface area contributed by atoms with E-state index in [1.807, 2.05) is 6.92 Å². The minimum absolute atomic E-state index is 0.234. The Hall–Kier alpha value is -2.19. The van der Waals surface area contributed by atoms with Crippen LogP contribution in [0.1, 0.15) is 37.4 Å². The van der Waals surface area contributed by atoms with Crippen molar-refractivity contribution in [2.75, 3.05) is 5.75 Å². The predicted molar refractivity (Wildman–Crippen MR) is 116 cm³/mol. The quantitative estimate of drug-likeness (QED) is 0.231. The Labute approximate surface area is 195 Å². The Morgan fingerprint density at radius 1 is 1.03 bits per heavy atom. The number of esters is 2. The number of ether oxygens (including phenoxy) is 2. The highest BCUT2D eigenvalue weighted by Gasteiger charge is 2.46. The lowest BCUT2D eigenvalue weighted by atomic mass is 10.1. The molecule has 0 aliphatic carbocycles. The molecule has 0 heterocycles. The third-order valence-electron chi connectivity index (χ3n) is 4.20. The summed E-state index contributed by atoms with van der Waals surface area (Å²) in [6.07, 6.45) is -8.40. The molecule has 0 aliphatic rings. The van der Waals surface area contributed by atoms with Crippen LogP contribution < -0.4 is 4.74 Å². The summed E-state index contributed by atoms with van der Waals surface area (Å²) in [5.74, 6) is -4.26. The molecule has 174 valence electrons. The highest BCUT2D eigenvalue weighted by molar-refractivity contribution is 14.1. The second-order valence-corrected chi connectivity index (χ2v) is 9.73. The summed E-state index contributed by atoms with van der Waals surface area (Å²) in [5.41, 5.74) is 1.28. The van der Waals surface area contributed by atoms with E-state index in [2.05, 4.69) is 4.74 Å². The lowest BCUT2D eigenvalue weighted by molar-refractivity contribution is -0.197. The van der Waals surface area contributed by atoms with Gasteiger partial charge in [0.25, 0.3) is 10.1 Å². The monoisotopic (exact) mass is 586 g/mol. The number of alkyl halides is 3. The fourth-order valence-electron chi connectivity index (χ4n) is 2.92. The van der Waals surface area contributed by atoms with Gasteiger partial charge in [0.05, 0.1) is 11.1 Å². The molecule has 0 saturated heterocycles. The molecule has 1 atom stereocenters. The lowest BCUT2D eigenvalue weighted by Gasteiger charge is -2.20. The van der Waals surface area contributed by atoms with E-state index >= 15 is 0 Å². The van der Waals surface area contributed by atoms with Crippen LogP contribution in [0.25, 0.3) is 0 Å². The van der Waals surface area contributed by atoms with Gasteiger partial charge in [0.1, 0.15) is 11.5 Å². The zero-order valence-corrected chi connectivity index (χ0v) is 20.0. The molecule has 1 N–H and O–H groups in total. The maximum absolute atomic E-state index is 13.1. The minimum atomic E-state index is -5.27. The summed E-state index contributed by atoms with van der Waals surface area (Å²) in [7, 11) is -5.11. The molecule has 2 aromatic carbocycles. The van der Waals surface area contributed by atoms with Gasteiger partial charge in [-0.2, -0.15) is 21.6 Å². The fourth-order valence-corrected chi connectivity index (χ4v) is 4.05. The number of hydrogen-bond acceptors (Lipinski definition) is 6. The molecule has 0 spiro atoms. The van der Waals surface area contributed by atoms with Crippen LogP contribution in [0.15, 0.2) is 30.3 Å². The molecule has 0 aromatic heterocycles. The van der Waals surface area contributed by atoms with Gasteiger partial charge in [-0.05, 0) is 72.7 Å². The Bertz CT molecular complexity index is 1140. The smallest absolute Gasteiger partial charge is 0.426 e. The first-order valence-electron chi connectivity index (χ1n) is 8.91. The molecule has 2 rings (SSSR count). The second-order valence-electron chi connectivity index (χ2n) is 6.99. The zero-order chi connectivity index (χ0) is 24.4. The number of carbonyl (C=O) groups is 2. The number of hydrogen-bond donors (Lipinski definition) is 1. The average Bonchev–Trinajstić information content (AvgIpc) is 2.61. The van der Waals surface area contributed by atoms with Crippen molar-refractivity contribution in [1.82, 2.24) is 0 Å². The summed E-state index contributed by atoms with van der Waals surface area (Å²) < 4.78 is 80.1. The van der Waals surface area contributed by atoms with Gasteiger partial charge in [0.15, 0.2) is 0 Å². The van der Waals surface area contributed by atoms with Gasteiger partial charge in [0.2, 0.25) is 6.10 Å². The second kappa shape index (κ2) is 9.75. The van der Waals surface area contributed by atoms with E-state index in [9.17, 15) is 31.2 Å². The molecule has 2 aromatic rings. The molecule has 0 amide bonds. The minimum Gasteiger partial charge on any atom is -0.448 e. The van der Waals surface area contributed by atoms with Crippen molar-refractivity contribution < 1.29 is 45.2 Å². The molecule has 32 heavy (non-hydrogen) atoms. The highest BCUT2D eigenvalue weighted by Crippen LogP contribution is 2.28. The van der Waals surface area contributed by atoms with Crippen molar-refractivity contribution in [3.05, 3.63) is 61.7 Å². The largest absolute Gasteiger partial charge is 0.448 e. The summed E-state index contributed by atoms with van der Waals surface area (Å²) in [6.45, 7) is 5.26. The Balaban J connectivity index is 2.41. The van der Waals surface area contributed by atoms with Crippen LogP contribution in [0.3, 0.4) is 0 Å². The molecule has 1 unspecified atom stereocenters. The van der Waals surface area contributed by atoms with Gasteiger partial charge in [0, 0.05) is 3.57 Å². The Kier molecular flexibility index (Phi) is 7.94. The first kappa shape index (κ1) is 26.1. The van der Waals surface area contributed by atoms with Crippen molar-refractivity contribution in [2.45, 2.75) is 33.1 Å². The van der Waals surface area contributed by atoms with E-state index in [-0.39, 0.29) is 11.3 Å². The Morgan fingerprint density at radius 3 is 2.09 bits per heavy atom. The van der Waals surface area contributed by atoms with Crippen LogP contribution in [0.2, 0.25) is 0 Å². The molecular weight excluding hydrogens is 568 g/mol. The summed E-state index contributed by atoms with van der Waals surface area (Å²) in [5, 5.41) is 0. The van der Waals surface area contributed by atoms with Crippen LogP contribution in [0.5, 0.6) is 5.75 Å². The molecule has 0 fully saturated rings. The van der Waals surface area contributed by atoms with Gasteiger partial charge in [-0.15, -0.1) is 0 Å². The van der Waals surface area contributed by atoms with E-state index < -0.39 is 45.7 Å². The third-order valence-corrected chi connectivity index (χ3v) is 5.59. The number of benzene rings is 2. The molecular formula is C20H18F3IO7S. The van der Waals surface area contributed by atoms with Gasteiger partial charge < -0.3 is 9.47 Å². The number of rotatable bonds is 6. The molecule has 0 saturated carbocycles. The third kappa shape index (κ3) is 6.90. The normalized spacial score (nSPS) is 12.9. The number of aryl methyl sites for hydroxylation is 3. The summed E-state index contributed by atoms with van der Waals surface area (Å²) >= 11 is 1.77. The van der Waals surface area contributed by atoms with Gasteiger partial charge in [-0.1, -0.05) is 17.7 Å². The highest BCUT2D eigenvalue weighted by atomic mass is 127. The first-order valence-corrected chi connectivity index (χ1v) is 11.6. The predicted octanol–water partition coefficient (Wildman–Crippen LogP) is 4.41. The van der Waals surface area contributed by atoms with Crippen molar-refractivity contribution in [3.8, 4) is 5.75 Å². The van der Waals surface area contributed by atoms with Crippen LogP contribution in [-0.2, 0) is 14.9 Å². The van der Waals surface area contributed by atoms with E-state index in [0.717, 1.165) is 11.6 Å². The van der Waals surface area contributed by atoms with E-state index in [4.69, 9.17) is 9.29 Å². The zero-order valence-electron chi connectivity index (χ0n) is 17.0. The summed E-state index contributed by atoms with van der Waals surface area (Å²) in [4.78, 5) is 25.2. The van der Waals surface area contributed by atoms with Crippen LogP contribution in [0, 0.1) is 24.3 Å². The van der Waals surface area contributed by atoms with E-state index in [1.165, 1.54) is 12.1 Å². The number of halogens is 4. The molecule has 0 aliphatic heterocycles. The maximum Gasteiger partial charge on any atom is 0.426 e.